The summed E-state index contributed by atoms with van der Waals surface area (Å²) >= 11 is 3.38. The van der Waals surface area contributed by atoms with Crippen molar-refractivity contribution >= 4 is 33.6 Å². The van der Waals surface area contributed by atoms with Crippen molar-refractivity contribution < 1.29 is 19.4 Å². The summed E-state index contributed by atoms with van der Waals surface area (Å²) in [6, 6.07) is 7.27. The lowest BCUT2D eigenvalue weighted by molar-refractivity contribution is -0.145. The number of piperidine rings is 1. The number of aliphatic carboxylic acids is 1. The molecule has 2 N–H and O–H groups in total. The third-order valence-electron chi connectivity index (χ3n) is 3.29. The number of urea groups is 1. The van der Waals surface area contributed by atoms with E-state index in [-0.39, 0.29) is 18.7 Å². The van der Waals surface area contributed by atoms with E-state index in [4.69, 9.17) is 9.84 Å². The second-order valence-electron chi connectivity index (χ2n) is 4.80. The van der Waals surface area contributed by atoms with Gasteiger partial charge in [0.25, 0.3) is 0 Å². The molecule has 114 valence electrons. The molecule has 1 fully saturated rings. The van der Waals surface area contributed by atoms with Crippen molar-refractivity contribution in [3.63, 3.8) is 0 Å². The highest BCUT2D eigenvalue weighted by molar-refractivity contribution is 9.10. The number of nitrogens with one attached hydrogen (secondary N) is 1. The zero-order chi connectivity index (χ0) is 15.2. The van der Waals surface area contributed by atoms with E-state index in [1.165, 1.54) is 0 Å². The predicted octanol–water partition coefficient (Wildman–Crippen LogP) is 2.55. The summed E-state index contributed by atoms with van der Waals surface area (Å²) in [7, 11) is 0. The number of rotatable bonds is 4. The molecule has 0 aromatic heterocycles. The minimum Gasteiger partial charge on any atom is -0.480 e. The van der Waals surface area contributed by atoms with E-state index in [2.05, 4.69) is 21.2 Å². The number of anilines is 1. The first-order valence-corrected chi connectivity index (χ1v) is 7.49. The van der Waals surface area contributed by atoms with E-state index < -0.39 is 5.97 Å². The quantitative estimate of drug-likeness (QED) is 0.868. The largest absolute Gasteiger partial charge is 0.480 e. The Kier molecular flexibility index (Phi) is 5.58. The number of amides is 2. The van der Waals surface area contributed by atoms with E-state index in [0.29, 0.717) is 25.9 Å². The summed E-state index contributed by atoms with van der Waals surface area (Å²) in [5.41, 5.74) is 0.728. The van der Waals surface area contributed by atoms with Gasteiger partial charge < -0.3 is 20.1 Å². The van der Waals surface area contributed by atoms with Gasteiger partial charge in [0.05, 0.1) is 11.8 Å². The molecule has 21 heavy (non-hydrogen) atoms. The average Bonchev–Trinajstić information content (AvgIpc) is 2.48. The number of benzene rings is 1. The van der Waals surface area contributed by atoms with Gasteiger partial charge in [-0.25, -0.2) is 9.59 Å². The Hall–Kier alpha value is -1.60. The molecule has 0 atom stereocenters. The van der Waals surface area contributed by atoms with Crippen LogP contribution < -0.4 is 5.32 Å². The number of likely N-dealkylation sites (tertiary alicyclic amines) is 1. The molecule has 2 amide bonds. The molecular weight excluding hydrogens is 340 g/mol. The molecule has 1 aliphatic heterocycles. The van der Waals surface area contributed by atoms with Gasteiger partial charge in [-0.15, -0.1) is 0 Å². The van der Waals surface area contributed by atoms with Crippen LogP contribution in [0.15, 0.2) is 28.7 Å². The topological polar surface area (TPSA) is 78.9 Å². The van der Waals surface area contributed by atoms with E-state index >= 15 is 0 Å². The van der Waals surface area contributed by atoms with Gasteiger partial charge >= 0.3 is 12.0 Å². The smallest absolute Gasteiger partial charge is 0.329 e. The van der Waals surface area contributed by atoms with Crippen LogP contribution in [-0.2, 0) is 9.53 Å². The molecule has 0 bridgehead atoms. The zero-order valence-corrected chi connectivity index (χ0v) is 13.0. The predicted molar refractivity (Wildman–Crippen MR) is 81.3 cm³/mol. The van der Waals surface area contributed by atoms with Gasteiger partial charge in [-0.2, -0.15) is 0 Å². The fourth-order valence-electron chi connectivity index (χ4n) is 2.17. The lowest BCUT2D eigenvalue weighted by Gasteiger charge is -2.31. The molecule has 1 heterocycles. The fraction of sp³-hybridized carbons (Fsp3) is 0.429. The molecule has 7 heteroatoms. The minimum absolute atomic E-state index is 0.0892. The second-order valence-corrected chi connectivity index (χ2v) is 5.66. The Labute approximate surface area is 131 Å². The van der Waals surface area contributed by atoms with Gasteiger partial charge in [-0.05, 0) is 40.9 Å². The molecular formula is C14H17BrN2O4. The number of carboxylic acid groups (broad SMARTS) is 1. The first kappa shape index (κ1) is 15.8. The van der Waals surface area contributed by atoms with Crippen LogP contribution in [0.5, 0.6) is 0 Å². The maximum Gasteiger partial charge on any atom is 0.329 e. The first-order chi connectivity index (χ1) is 10.1. The van der Waals surface area contributed by atoms with Crippen LogP contribution in [0.25, 0.3) is 0 Å². The molecule has 0 aliphatic carbocycles. The molecule has 0 radical (unpaired) electrons. The van der Waals surface area contributed by atoms with Gasteiger partial charge in [0.15, 0.2) is 0 Å². The number of nitrogens with zero attached hydrogens (tertiary/aromatic N) is 1. The lowest BCUT2D eigenvalue weighted by atomic mass is 10.1. The third-order valence-corrected chi connectivity index (χ3v) is 3.98. The Morgan fingerprint density at radius 3 is 2.62 bits per heavy atom. The number of hydrogen-bond acceptors (Lipinski definition) is 3. The van der Waals surface area contributed by atoms with Gasteiger partial charge in [0.2, 0.25) is 0 Å². The van der Waals surface area contributed by atoms with Crippen LogP contribution >= 0.6 is 15.9 Å². The number of para-hydroxylation sites is 1. The first-order valence-electron chi connectivity index (χ1n) is 6.70. The van der Waals surface area contributed by atoms with Gasteiger partial charge in [0.1, 0.15) is 6.61 Å². The number of carbonyl (C=O) groups is 2. The normalized spacial score (nSPS) is 15.8. The van der Waals surface area contributed by atoms with Crippen LogP contribution in [0.1, 0.15) is 12.8 Å². The monoisotopic (exact) mass is 356 g/mol. The SMILES string of the molecule is O=C(O)COC1CCN(C(=O)Nc2ccccc2Br)CC1. The van der Waals surface area contributed by atoms with Crippen molar-refractivity contribution in [1.82, 2.24) is 4.90 Å². The maximum atomic E-state index is 12.2. The average molecular weight is 357 g/mol. The molecule has 0 spiro atoms. The van der Waals surface area contributed by atoms with E-state index in [9.17, 15) is 9.59 Å². The molecule has 1 aliphatic rings. The number of carboxylic acids is 1. The molecule has 6 nitrogen and oxygen atoms in total. The third kappa shape index (κ3) is 4.71. The summed E-state index contributed by atoms with van der Waals surface area (Å²) in [6.45, 7) is 0.828. The lowest BCUT2D eigenvalue weighted by Crippen LogP contribution is -2.43. The second kappa shape index (κ2) is 7.42. The summed E-state index contributed by atoms with van der Waals surface area (Å²) < 4.78 is 6.08. The van der Waals surface area contributed by atoms with Gasteiger partial charge in [0, 0.05) is 17.6 Å². The number of hydrogen-bond donors (Lipinski definition) is 2. The Balaban J connectivity index is 1.81. The number of halogens is 1. The van der Waals surface area contributed by atoms with Crippen molar-refractivity contribution in [2.75, 3.05) is 25.0 Å². The highest BCUT2D eigenvalue weighted by atomic mass is 79.9. The molecule has 1 aromatic rings. The van der Waals surface area contributed by atoms with E-state index in [1.807, 2.05) is 24.3 Å². The van der Waals surface area contributed by atoms with E-state index in [1.54, 1.807) is 4.90 Å². The molecule has 0 saturated carbocycles. The maximum absolute atomic E-state index is 12.2. The highest BCUT2D eigenvalue weighted by Crippen LogP contribution is 2.22. The van der Waals surface area contributed by atoms with Crippen LogP contribution in [0.4, 0.5) is 10.5 Å². The molecule has 0 unspecified atom stereocenters. The summed E-state index contributed by atoms with van der Waals surface area (Å²) in [4.78, 5) is 24.3. The molecule has 1 saturated heterocycles. The summed E-state index contributed by atoms with van der Waals surface area (Å²) in [5, 5.41) is 11.4. The fourth-order valence-corrected chi connectivity index (χ4v) is 2.56. The highest BCUT2D eigenvalue weighted by Gasteiger charge is 2.24. The zero-order valence-electron chi connectivity index (χ0n) is 11.4. The van der Waals surface area contributed by atoms with Crippen LogP contribution in [0.3, 0.4) is 0 Å². The van der Waals surface area contributed by atoms with Gasteiger partial charge in [-0.3, -0.25) is 0 Å². The van der Waals surface area contributed by atoms with Crippen LogP contribution in [0, 0.1) is 0 Å². The van der Waals surface area contributed by atoms with Crippen molar-refractivity contribution in [3.05, 3.63) is 28.7 Å². The van der Waals surface area contributed by atoms with Crippen molar-refractivity contribution in [1.29, 1.82) is 0 Å². The Bertz CT molecular complexity index is 515. The Morgan fingerprint density at radius 2 is 2.00 bits per heavy atom. The van der Waals surface area contributed by atoms with Crippen molar-refractivity contribution in [2.24, 2.45) is 0 Å². The summed E-state index contributed by atoms with van der Waals surface area (Å²) in [5.74, 6) is -0.968. The van der Waals surface area contributed by atoms with E-state index in [0.717, 1.165) is 10.2 Å². The standard InChI is InChI=1S/C14H17BrN2O4/c15-11-3-1-2-4-12(11)16-14(20)17-7-5-10(6-8-17)21-9-13(18)19/h1-4,10H,5-9H2,(H,16,20)(H,18,19). The minimum atomic E-state index is -0.968. The van der Waals surface area contributed by atoms with Gasteiger partial charge in [-0.1, -0.05) is 12.1 Å². The molecule has 2 rings (SSSR count). The molecule has 1 aromatic carbocycles. The van der Waals surface area contributed by atoms with Crippen LogP contribution in [-0.4, -0.2) is 47.8 Å². The number of ether oxygens (including phenoxy) is 1. The van der Waals surface area contributed by atoms with Crippen LogP contribution in [0.2, 0.25) is 0 Å². The Morgan fingerprint density at radius 1 is 1.33 bits per heavy atom. The van der Waals surface area contributed by atoms with Crippen molar-refractivity contribution in [3.8, 4) is 0 Å². The van der Waals surface area contributed by atoms with Crippen molar-refractivity contribution in [2.45, 2.75) is 18.9 Å². The number of carbonyl (C=O) groups excluding carboxylic acids is 1. The summed E-state index contributed by atoms with van der Waals surface area (Å²) in [6.07, 6.45) is 1.21.